The van der Waals surface area contributed by atoms with Crippen LogP contribution in [0, 0.1) is 0 Å². The molecule has 3 aromatic carbocycles. The largest absolute Gasteiger partial charge is 0.497 e. The SMILES string of the molecule is COc1ccc(C2(C)CCc3cc(OC)ccc3C2(O)c2ccc(CO[Si](C)(C)C(C)(C)C)cc2)cc1. The monoisotopic (exact) mass is 518 g/mol. The van der Waals surface area contributed by atoms with Gasteiger partial charge < -0.3 is 19.0 Å². The summed E-state index contributed by atoms with van der Waals surface area (Å²) < 4.78 is 17.4. The fourth-order valence-electron chi connectivity index (χ4n) is 5.23. The molecular weight excluding hydrogens is 476 g/mol. The molecule has 0 heterocycles. The van der Waals surface area contributed by atoms with E-state index >= 15 is 0 Å². The predicted molar refractivity (Wildman–Crippen MR) is 153 cm³/mol. The molecule has 0 bridgehead atoms. The van der Waals surface area contributed by atoms with Crippen LogP contribution in [-0.4, -0.2) is 27.6 Å². The minimum atomic E-state index is -1.85. The smallest absolute Gasteiger partial charge is 0.192 e. The lowest BCUT2D eigenvalue weighted by molar-refractivity contribution is -0.0130. The van der Waals surface area contributed by atoms with Gasteiger partial charge in [0, 0.05) is 5.41 Å². The molecule has 0 saturated carbocycles. The van der Waals surface area contributed by atoms with Gasteiger partial charge in [-0.1, -0.05) is 70.2 Å². The number of methoxy groups -OCH3 is 2. The Kier molecular flexibility index (Phi) is 7.37. The Bertz CT molecular complexity index is 1230. The van der Waals surface area contributed by atoms with Crippen molar-refractivity contribution in [2.45, 2.75) is 76.3 Å². The second-order valence-electron chi connectivity index (χ2n) is 12.0. The molecular formula is C32H42O4Si. The Morgan fingerprint density at radius 2 is 1.41 bits per heavy atom. The fraction of sp³-hybridized carbons (Fsp3) is 0.438. The van der Waals surface area contributed by atoms with E-state index in [1.807, 2.05) is 24.3 Å². The van der Waals surface area contributed by atoms with E-state index in [9.17, 15) is 5.11 Å². The highest BCUT2D eigenvalue weighted by molar-refractivity contribution is 6.74. The molecule has 0 spiro atoms. The molecule has 0 aromatic heterocycles. The molecule has 0 fully saturated rings. The Labute approximate surface area is 223 Å². The lowest BCUT2D eigenvalue weighted by atomic mass is 9.56. The summed E-state index contributed by atoms with van der Waals surface area (Å²) in [6.45, 7) is 14.1. The highest BCUT2D eigenvalue weighted by Gasteiger charge is 2.53. The molecule has 4 rings (SSSR count). The van der Waals surface area contributed by atoms with E-state index in [1.165, 1.54) is 0 Å². The van der Waals surface area contributed by atoms with Crippen LogP contribution < -0.4 is 9.47 Å². The van der Waals surface area contributed by atoms with Crippen molar-refractivity contribution in [3.05, 3.63) is 94.5 Å². The van der Waals surface area contributed by atoms with Crippen LogP contribution in [0.15, 0.2) is 66.7 Å². The predicted octanol–water partition coefficient (Wildman–Crippen LogP) is 7.37. The molecule has 2 atom stereocenters. The summed E-state index contributed by atoms with van der Waals surface area (Å²) in [7, 11) is 1.51. The fourth-order valence-corrected chi connectivity index (χ4v) is 6.19. The van der Waals surface area contributed by atoms with Crippen LogP contribution in [-0.2, 0) is 28.5 Å². The van der Waals surface area contributed by atoms with Crippen molar-refractivity contribution in [1.29, 1.82) is 0 Å². The average molecular weight is 519 g/mol. The normalized spacial score (nSPS) is 21.9. The van der Waals surface area contributed by atoms with Gasteiger partial charge in [-0.15, -0.1) is 0 Å². The van der Waals surface area contributed by atoms with Gasteiger partial charge in [-0.3, -0.25) is 0 Å². The molecule has 1 aliphatic carbocycles. The van der Waals surface area contributed by atoms with Crippen LogP contribution in [0.3, 0.4) is 0 Å². The zero-order valence-corrected chi connectivity index (χ0v) is 24.6. The van der Waals surface area contributed by atoms with E-state index in [2.05, 4.69) is 83.3 Å². The standard InChI is InChI=1S/C32H42O4Si/c1-30(2,3)37(7,8)36-22-23-9-11-26(12-10-23)32(33)29-18-17-28(35-6)21-24(29)19-20-31(32,4)25-13-15-27(34-5)16-14-25/h9-18,21,33H,19-20,22H2,1-8H3. The zero-order valence-electron chi connectivity index (χ0n) is 23.6. The molecule has 5 heteroatoms. The van der Waals surface area contributed by atoms with Crippen molar-refractivity contribution in [3.8, 4) is 11.5 Å². The Morgan fingerprint density at radius 3 is 1.97 bits per heavy atom. The number of aliphatic hydroxyl groups is 1. The quantitative estimate of drug-likeness (QED) is 0.332. The second kappa shape index (κ2) is 9.94. The Hall–Kier alpha value is -2.60. The third-order valence-electron chi connectivity index (χ3n) is 8.90. The maximum Gasteiger partial charge on any atom is 0.192 e. The van der Waals surface area contributed by atoms with Crippen LogP contribution in [0.25, 0.3) is 0 Å². The number of aryl methyl sites for hydroxylation is 1. The molecule has 3 aromatic rings. The van der Waals surface area contributed by atoms with Gasteiger partial charge in [0.2, 0.25) is 0 Å². The first-order valence-corrected chi connectivity index (χ1v) is 16.0. The Morgan fingerprint density at radius 1 is 0.838 bits per heavy atom. The van der Waals surface area contributed by atoms with Gasteiger partial charge in [-0.2, -0.15) is 0 Å². The summed E-state index contributed by atoms with van der Waals surface area (Å²) in [5, 5.41) is 13.0. The summed E-state index contributed by atoms with van der Waals surface area (Å²) in [6.07, 6.45) is 1.65. The highest BCUT2D eigenvalue weighted by atomic mass is 28.4. The number of rotatable bonds is 7. The second-order valence-corrected chi connectivity index (χ2v) is 16.8. The summed E-state index contributed by atoms with van der Waals surface area (Å²) in [5.74, 6) is 1.62. The zero-order chi connectivity index (χ0) is 27.1. The first-order chi connectivity index (χ1) is 17.4. The van der Waals surface area contributed by atoms with Gasteiger partial charge >= 0.3 is 0 Å². The van der Waals surface area contributed by atoms with E-state index in [1.54, 1.807) is 14.2 Å². The van der Waals surface area contributed by atoms with E-state index in [4.69, 9.17) is 13.9 Å². The molecule has 0 aliphatic heterocycles. The van der Waals surface area contributed by atoms with Crippen LogP contribution in [0.1, 0.15) is 61.9 Å². The van der Waals surface area contributed by atoms with Crippen molar-refractivity contribution in [1.82, 2.24) is 0 Å². The van der Waals surface area contributed by atoms with Crippen molar-refractivity contribution in [3.63, 3.8) is 0 Å². The van der Waals surface area contributed by atoms with Gasteiger partial charge in [0.1, 0.15) is 17.1 Å². The van der Waals surface area contributed by atoms with Gasteiger partial charge in [-0.05, 0) is 83.1 Å². The number of hydrogen-bond donors (Lipinski definition) is 1. The average Bonchev–Trinajstić information content (AvgIpc) is 2.89. The molecule has 0 saturated heterocycles. The molecule has 4 nitrogen and oxygen atoms in total. The number of fused-ring (bicyclic) bond motifs is 1. The molecule has 1 N–H and O–H groups in total. The topological polar surface area (TPSA) is 47.9 Å². The molecule has 0 amide bonds. The lowest BCUT2D eigenvalue weighted by Crippen LogP contribution is -2.51. The van der Waals surface area contributed by atoms with Crippen LogP contribution in [0.5, 0.6) is 11.5 Å². The third kappa shape index (κ3) is 4.85. The van der Waals surface area contributed by atoms with E-state index in [0.29, 0.717) is 6.61 Å². The summed E-state index contributed by atoms with van der Waals surface area (Å²) in [6, 6.07) is 22.5. The van der Waals surface area contributed by atoms with E-state index in [-0.39, 0.29) is 5.04 Å². The maximum atomic E-state index is 12.8. The van der Waals surface area contributed by atoms with Crippen molar-refractivity contribution in [2.75, 3.05) is 14.2 Å². The van der Waals surface area contributed by atoms with Gasteiger partial charge in [0.05, 0.1) is 20.8 Å². The third-order valence-corrected chi connectivity index (χ3v) is 13.4. The lowest BCUT2D eigenvalue weighted by Gasteiger charge is -2.50. The summed E-state index contributed by atoms with van der Waals surface area (Å²) in [4.78, 5) is 0. The highest BCUT2D eigenvalue weighted by Crippen LogP contribution is 2.54. The van der Waals surface area contributed by atoms with Crippen LogP contribution >= 0.6 is 0 Å². The minimum Gasteiger partial charge on any atom is -0.497 e. The van der Waals surface area contributed by atoms with Gasteiger partial charge in [0.25, 0.3) is 0 Å². The van der Waals surface area contributed by atoms with Gasteiger partial charge in [-0.25, -0.2) is 0 Å². The number of benzene rings is 3. The van der Waals surface area contributed by atoms with Crippen LogP contribution in [0.2, 0.25) is 18.1 Å². The first kappa shape index (κ1) is 27.4. The maximum absolute atomic E-state index is 12.8. The van der Waals surface area contributed by atoms with Crippen molar-refractivity contribution < 1.29 is 19.0 Å². The molecule has 0 radical (unpaired) electrons. The minimum absolute atomic E-state index is 0.162. The van der Waals surface area contributed by atoms with Gasteiger partial charge in [0.15, 0.2) is 8.32 Å². The summed E-state index contributed by atoms with van der Waals surface area (Å²) in [5.41, 5.74) is 3.38. The molecule has 37 heavy (non-hydrogen) atoms. The Balaban J connectivity index is 1.77. The number of hydrogen-bond acceptors (Lipinski definition) is 4. The molecule has 198 valence electrons. The van der Waals surface area contributed by atoms with Crippen molar-refractivity contribution >= 4 is 8.32 Å². The molecule has 2 unspecified atom stereocenters. The first-order valence-electron chi connectivity index (χ1n) is 13.1. The van der Waals surface area contributed by atoms with Crippen molar-refractivity contribution in [2.24, 2.45) is 0 Å². The van der Waals surface area contributed by atoms with E-state index in [0.717, 1.165) is 52.2 Å². The van der Waals surface area contributed by atoms with Crippen LogP contribution in [0.4, 0.5) is 0 Å². The molecule has 1 aliphatic rings. The summed E-state index contributed by atoms with van der Waals surface area (Å²) >= 11 is 0. The van der Waals surface area contributed by atoms with E-state index < -0.39 is 19.3 Å². The number of ether oxygens (including phenoxy) is 2.